The second-order valence-electron chi connectivity index (χ2n) is 5.55. The van der Waals surface area contributed by atoms with Crippen LogP contribution in [0, 0.1) is 6.92 Å². The third kappa shape index (κ3) is 2.66. The van der Waals surface area contributed by atoms with Gasteiger partial charge in [-0.25, -0.2) is 0 Å². The van der Waals surface area contributed by atoms with Crippen molar-refractivity contribution in [2.75, 3.05) is 18.9 Å². The Hall–Kier alpha value is -2.23. The zero-order valence-electron chi connectivity index (χ0n) is 12.4. The van der Waals surface area contributed by atoms with Gasteiger partial charge in [0.15, 0.2) is 0 Å². The molecule has 21 heavy (non-hydrogen) atoms. The molecule has 0 aliphatic carbocycles. The first-order valence-electron chi connectivity index (χ1n) is 7.27. The van der Waals surface area contributed by atoms with Crippen molar-refractivity contribution in [1.82, 2.24) is 4.90 Å². The number of likely N-dealkylation sites (N-methyl/N-ethyl adjacent to an activating group) is 1. The summed E-state index contributed by atoms with van der Waals surface area (Å²) >= 11 is 0. The smallest absolute Gasteiger partial charge is 0.230 e. The van der Waals surface area contributed by atoms with E-state index in [4.69, 9.17) is 4.42 Å². The highest BCUT2D eigenvalue weighted by atomic mass is 16.3. The van der Waals surface area contributed by atoms with Gasteiger partial charge in [-0.1, -0.05) is 18.2 Å². The lowest BCUT2D eigenvalue weighted by molar-refractivity contribution is -0.132. The lowest BCUT2D eigenvalue weighted by Crippen LogP contribution is -2.34. The molecule has 110 valence electrons. The van der Waals surface area contributed by atoms with Crippen molar-refractivity contribution >= 4 is 11.6 Å². The zero-order chi connectivity index (χ0) is 14.8. The Bertz CT molecular complexity index is 648. The molecule has 1 amide bonds. The molecule has 1 N–H and O–H groups in total. The number of para-hydroxylation sites is 1. The highest BCUT2D eigenvalue weighted by molar-refractivity contribution is 5.86. The quantitative estimate of drug-likeness (QED) is 0.941. The normalized spacial score (nSPS) is 17.0. The molecule has 1 aliphatic heterocycles. The Kier molecular flexibility index (Phi) is 3.69. The lowest BCUT2D eigenvalue weighted by Gasteiger charge is -2.29. The minimum absolute atomic E-state index is 0.0559. The maximum atomic E-state index is 12.8. The molecule has 0 radical (unpaired) electrons. The molecular weight excluding hydrogens is 264 g/mol. The summed E-state index contributed by atoms with van der Waals surface area (Å²) in [4.78, 5) is 14.6. The molecule has 0 bridgehead atoms. The Morgan fingerprint density at radius 1 is 1.38 bits per heavy atom. The van der Waals surface area contributed by atoms with E-state index in [2.05, 4.69) is 5.32 Å². The van der Waals surface area contributed by atoms with Crippen LogP contribution in [0.5, 0.6) is 0 Å². The average Bonchev–Trinajstić information content (AvgIpc) is 2.91. The van der Waals surface area contributed by atoms with E-state index in [0.29, 0.717) is 6.54 Å². The summed E-state index contributed by atoms with van der Waals surface area (Å²) in [6.07, 6.45) is 2.51. The number of hydrogen-bond donors (Lipinski definition) is 1. The number of rotatable bonds is 3. The number of fused-ring (bicyclic) bond motifs is 1. The third-order valence-corrected chi connectivity index (χ3v) is 4.13. The SMILES string of the molecule is Cc1occc1CN(C)C(=O)C1CCNc2ccccc21. The van der Waals surface area contributed by atoms with E-state index in [1.807, 2.05) is 44.3 Å². The van der Waals surface area contributed by atoms with Crippen LogP contribution in [0.4, 0.5) is 5.69 Å². The lowest BCUT2D eigenvalue weighted by atomic mass is 9.90. The predicted molar refractivity (Wildman–Crippen MR) is 82.2 cm³/mol. The van der Waals surface area contributed by atoms with E-state index in [9.17, 15) is 4.79 Å². The van der Waals surface area contributed by atoms with E-state index >= 15 is 0 Å². The first kappa shape index (κ1) is 13.7. The Labute approximate surface area is 124 Å². The van der Waals surface area contributed by atoms with Crippen molar-refractivity contribution in [1.29, 1.82) is 0 Å². The van der Waals surface area contributed by atoms with Gasteiger partial charge in [0, 0.05) is 31.4 Å². The number of anilines is 1. The fourth-order valence-electron chi connectivity index (χ4n) is 2.90. The first-order chi connectivity index (χ1) is 10.2. The topological polar surface area (TPSA) is 45.5 Å². The maximum Gasteiger partial charge on any atom is 0.230 e. The largest absolute Gasteiger partial charge is 0.469 e. The summed E-state index contributed by atoms with van der Waals surface area (Å²) in [5.41, 5.74) is 3.24. The summed E-state index contributed by atoms with van der Waals surface area (Å²) in [6, 6.07) is 10.00. The highest BCUT2D eigenvalue weighted by Gasteiger charge is 2.28. The third-order valence-electron chi connectivity index (χ3n) is 4.13. The van der Waals surface area contributed by atoms with E-state index in [-0.39, 0.29) is 11.8 Å². The van der Waals surface area contributed by atoms with Gasteiger partial charge < -0.3 is 14.6 Å². The van der Waals surface area contributed by atoms with Crippen molar-refractivity contribution in [3.8, 4) is 0 Å². The van der Waals surface area contributed by atoms with Gasteiger partial charge in [0.2, 0.25) is 5.91 Å². The van der Waals surface area contributed by atoms with Gasteiger partial charge in [0.1, 0.15) is 5.76 Å². The summed E-state index contributed by atoms with van der Waals surface area (Å²) < 4.78 is 5.30. The predicted octanol–water partition coefficient (Wildman–Crippen LogP) is 3.15. The molecule has 2 heterocycles. The van der Waals surface area contributed by atoms with Crippen LogP contribution in [-0.4, -0.2) is 24.4 Å². The molecule has 1 aromatic heterocycles. The zero-order valence-corrected chi connectivity index (χ0v) is 12.4. The van der Waals surface area contributed by atoms with E-state index in [0.717, 1.165) is 35.5 Å². The van der Waals surface area contributed by atoms with Crippen molar-refractivity contribution in [2.24, 2.45) is 0 Å². The number of furan rings is 1. The molecular formula is C17H20N2O2. The molecule has 3 rings (SSSR count). The van der Waals surface area contributed by atoms with E-state index in [1.54, 1.807) is 11.2 Å². The Morgan fingerprint density at radius 3 is 2.95 bits per heavy atom. The van der Waals surface area contributed by atoms with Gasteiger partial charge in [0.25, 0.3) is 0 Å². The van der Waals surface area contributed by atoms with E-state index in [1.165, 1.54) is 0 Å². The monoisotopic (exact) mass is 284 g/mol. The Morgan fingerprint density at radius 2 is 2.19 bits per heavy atom. The molecule has 1 aliphatic rings. The van der Waals surface area contributed by atoms with Crippen LogP contribution < -0.4 is 5.32 Å². The van der Waals surface area contributed by atoms with Gasteiger partial charge in [-0.05, 0) is 31.0 Å². The van der Waals surface area contributed by atoms with Crippen LogP contribution in [0.2, 0.25) is 0 Å². The number of aryl methyl sites for hydroxylation is 1. The van der Waals surface area contributed by atoms with Crippen LogP contribution in [-0.2, 0) is 11.3 Å². The fourth-order valence-corrected chi connectivity index (χ4v) is 2.90. The van der Waals surface area contributed by atoms with Crippen LogP contribution >= 0.6 is 0 Å². The molecule has 1 unspecified atom stereocenters. The molecule has 1 aromatic carbocycles. The van der Waals surface area contributed by atoms with Crippen molar-refractivity contribution < 1.29 is 9.21 Å². The van der Waals surface area contributed by atoms with Crippen molar-refractivity contribution in [3.63, 3.8) is 0 Å². The number of hydrogen-bond acceptors (Lipinski definition) is 3. The fraction of sp³-hybridized carbons (Fsp3) is 0.353. The van der Waals surface area contributed by atoms with Crippen LogP contribution in [0.3, 0.4) is 0 Å². The Balaban J connectivity index is 1.78. The molecule has 0 fully saturated rings. The number of carbonyl (C=O) groups excluding carboxylic acids is 1. The molecule has 0 saturated heterocycles. The van der Waals surface area contributed by atoms with Crippen molar-refractivity contribution in [3.05, 3.63) is 53.5 Å². The molecule has 0 spiro atoms. The second kappa shape index (κ2) is 5.64. The van der Waals surface area contributed by atoms with Crippen LogP contribution in [0.15, 0.2) is 41.0 Å². The molecule has 2 aromatic rings. The summed E-state index contributed by atoms with van der Waals surface area (Å²) in [5, 5.41) is 3.36. The van der Waals surface area contributed by atoms with Gasteiger partial charge >= 0.3 is 0 Å². The number of nitrogens with one attached hydrogen (secondary N) is 1. The summed E-state index contributed by atoms with van der Waals surface area (Å²) in [6.45, 7) is 3.35. The number of nitrogens with zero attached hydrogens (tertiary/aromatic N) is 1. The minimum Gasteiger partial charge on any atom is -0.469 e. The van der Waals surface area contributed by atoms with Gasteiger partial charge in [-0.2, -0.15) is 0 Å². The standard InChI is InChI=1S/C17H20N2O2/c1-12-13(8-10-21-12)11-19(2)17(20)15-7-9-18-16-6-4-3-5-14(15)16/h3-6,8,10,15,18H,7,9,11H2,1-2H3. The maximum absolute atomic E-state index is 12.8. The van der Waals surface area contributed by atoms with Crippen LogP contribution in [0.25, 0.3) is 0 Å². The first-order valence-corrected chi connectivity index (χ1v) is 7.27. The molecule has 4 nitrogen and oxygen atoms in total. The van der Waals surface area contributed by atoms with Gasteiger partial charge in [0.05, 0.1) is 12.2 Å². The average molecular weight is 284 g/mol. The minimum atomic E-state index is -0.0559. The van der Waals surface area contributed by atoms with E-state index < -0.39 is 0 Å². The number of amides is 1. The summed E-state index contributed by atoms with van der Waals surface area (Å²) in [5.74, 6) is 0.990. The van der Waals surface area contributed by atoms with Crippen LogP contribution in [0.1, 0.15) is 29.2 Å². The molecule has 4 heteroatoms. The highest BCUT2D eigenvalue weighted by Crippen LogP contribution is 2.32. The summed E-state index contributed by atoms with van der Waals surface area (Å²) in [7, 11) is 1.86. The van der Waals surface area contributed by atoms with Crippen molar-refractivity contribution in [2.45, 2.75) is 25.8 Å². The second-order valence-corrected chi connectivity index (χ2v) is 5.55. The number of benzene rings is 1. The van der Waals surface area contributed by atoms with Gasteiger partial charge in [-0.15, -0.1) is 0 Å². The molecule has 1 atom stereocenters. The van der Waals surface area contributed by atoms with Gasteiger partial charge in [-0.3, -0.25) is 4.79 Å². The number of carbonyl (C=O) groups is 1. The molecule has 0 saturated carbocycles.